The van der Waals surface area contributed by atoms with Crippen LogP contribution in [0.4, 0.5) is 8.78 Å². The molecule has 0 radical (unpaired) electrons. The van der Waals surface area contributed by atoms with Crippen LogP contribution in [0.15, 0.2) is 55.1 Å². The molecule has 182 valence electrons. The Labute approximate surface area is 199 Å². The highest BCUT2D eigenvalue weighted by Crippen LogP contribution is 2.19. The van der Waals surface area contributed by atoms with Crippen LogP contribution in [0, 0.1) is 17.6 Å². The summed E-state index contributed by atoms with van der Waals surface area (Å²) in [6, 6.07) is 8.82. The number of aromatic nitrogens is 2. The molecule has 0 spiro atoms. The summed E-state index contributed by atoms with van der Waals surface area (Å²) >= 11 is 0. The van der Waals surface area contributed by atoms with Crippen molar-refractivity contribution in [1.82, 2.24) is 20.2 Å². The van der Waals surface area contributed by atoms with E-state index in [1.807, 2.05) is 10.8 Å². The minimum absolute atomic E-state index is 0.0985. The summed E-state index contributed by atoms with van der Waals surface area (Å²) in [7, 11) is 0. The summed E-state index contributed by atoms with van der Waals surface area (Å²) in [5.41, 5.74) is 3.62. The molecule has 6 nitrogen and oxygen atoms in total. The van der Waals surface area contributed by atoms with E-state index in [9.17, 15) is 18.7 Å². The van der Waals surface area contributed by atoms with Crippen LogP contribution in [0.1, 0.15) is 37.5 Å². The van der Waals surface area contributed by atoms with E-state index >= 15 is 0 Å². The van der Waals surface area contributed by atoms with Gasteiger partial charge in [-0.3, -0.25) is 4.79 Å². The van der Waals surface area contributed by atoms with Crippen molar-refractivity contribution in [2.24, 2.45) is 5.92 Å². The summed E-state index contributed by atoms with van der Waals surface area (Å²) in [5.74, 6) is -1.20. The molecule has 3 aromatic rings. The molecule has 2 atom stereocenters. The lowest BCUT2D eigenvalue weighted by molar-refractivity contribution is -0.120. The van der Waals surface area contributed by atoms with Gasteiger partial charge in [-0.05, 0) is 53.6 Å². The Balaban J connectivity index is 1.70. The first kappa shape index (κ1) is 25.5. The van der Waals surface area contributed by atoms with Crippen molar-refractivity contribution < 1.29 is 18.7 Å². The molecule has 0 aliphatic rings. The van der Waals surface area contributed by atoms with E-state index in [1.165, 1.54) is 24.6 Å². The number of nitrogens with zero attached hydrogens (tertiary/aromatic N) is 2. The van der Waals surface area contributed by atoms with Crippen LogP contribution < -0.4 is 10.6 Å². The van der Waals surface area contributed by atoms with Gasteiger partial charge in [-0.1, -0.05) is 26.0 Å². The molecular weight excluding hydrogens is 438 g/mol. The maximum absolute atomic E-state index is 13.6. The Morgan fingerprint density at radius 3 is 2.44 bits per heavy atom. The minimum Gasteiger partial charge on any atom is -0.390 e. The summed E-state index contributed by atoms with van der Waals surface area (Å²) < 4.78 is 29.1. The van der Waals surface area contributed by atoms with Crippen molar-refractivity contribution >= 4 is 5.91 Å². The van der Waals surface area contributed by atoms with Gasteiger partial charge in [-0.2, -0.15) is 0 Å². The number of hydrogen-bond acceptors (Lipinski definition) is 4. The topological polar surface area (TPSA) is 79.2 Å². The number of carbonyl (C=O) groups excluding carboxylic acids is 1. The van der Waals surface area contributed by atoms with E-state index < -0.39 is 23.8 Å². The SMILES string of the molecule is CC(=O)NC(Cc1cc(F)cc(F)c1)C(O)CNCc1cc(CC(C)C)ccc1-n1ccnc1. The van der Waals surface area contributed by atoms with Gasteiger partial charge in [0.15, 0.2) is 0 Å². The maximum Gasteiger partial charge on any atom is 0.217 e. The lowest BCUT2D eigenvalue weighted by Gasteiger charge is -2.24. The molecule has 0 aliphatic carbocycles. The van der Waals surface area contributed by atoms with E-state index in [1.54, 1.807) is 12.5 Å². The van der Waals surface area contributed by atoms with Gasteiger partial charge in [0.05, 0.1) is 24.2 Å². The van der Waals surface area contributed by atoms with Crippen LogP contribution in [-0.4, -0.2) is 39.3 Å². The molecule has 8 heteroatoms. The van der Waals surface area contributed by atoms with Crippen molar-refractivity contribution in [3.8, 4) is 5.69 Å². The first-order chi connectivity index (χ1) is 16.2. The van der Waals surface area contributed by atoms with Gasteiger partial charge in [0, 0.05) is 38.5 Å². The Morgan fingerprint density at radius 2 is 1.82 bits per heavy atom. The Morgan fingerprint density at radius 1 is 1.09 bits per heavy atom. The first-order valence-corrected chi connectivity index (χ1v) is 11.4. The lowest BCUT2D eigenvalue weighted by atomic mass is 9.99. The number of carbonyl (C=O) groups is 1. The van der Waals surface area contributed by atoms with Crippen LogP contribution in [0.3, 0.4) is 0 Å². The largest absolute Gasteiger partial charge is 0.390 e. The third-order valence-corrected chi connectivity index (χ3v) is 5.47. The van der Waals surface area contributed by atoms with Crippen molar-refractivity contribution in [3.05, 3.63) is 83.4 Å². The molecule has 2 aromatic carbocycles. The molecule has 0 saturated heterocycles. The molecule has 0 bridgehead atoms. The van der Waals surface area contributed by atoms with Crippen LogP contribution in [0.2, 0.25) is 0 Å². The molecule has 1 amide bonds. The zero-order chi connectivity index (χ0) is 24.7. The quantitative estimate of drug-likeness (QED) is 0.401. The number of aliphatic hydroxyl groups excluding tert-OH is 1. The number of halogens is 2. The molecule has 34 heavy (non-hydrogen) atoms. The first-order valence-electron chi connectivity index (χ1n) is 11.4. The molecule has 0 saturated carbocycles. The molecule has 1 aromatic heterocycles. The van der Waals surface area contributed by atoms with E-state index in [0.717, 1.165) is 23.7 Å². The molecule has 3 rings (SSSR count). The second-order valence-electron chi connectivity index (χ2n) is 9.02. The number of rotatable bonds is 11. The zero-order valence-electron chi connectivity index (χ0n) is 19.8. The number of nitrogens with one attached hydrogen (secondary N) is 2. The number of imidazole rings is 1. The fourth-order valence-electron chi connectivity index (χ4n) is 4.06. The fraction of sp³-hybridized carbons (Fsp3) is 0.385. The van der Waals surface area contributed by atoms with E-state index in [-0.39, 0.29) is 18.9 Å². The van der Waals surface area contributed by atoms with Crippen molar-refractivity contribution in [1.29, 1.82) is 0 Å². The maximum atomic E-state index is 13.6. The number of benzene rings is 2. The van der Waals surface area contributed by atoms with E-state index in [0.29, 0.717) is 18.0 Å². The smallest absolute Gasteiger partial charge is 0.217 e. The lowest BCUT2D eigenvalue weighted by Crippen LogP contribution is -2.48. The third-order valence-electron chi connectivity index (χ3n) is 5.47. The summed E-state index contributed by atoms with van der Waals surface area (Å²) in [6.45, 7) is 6.35. The Hall–Kier alpha value is -3.10. The van der Waals surface area contributed by atoms with Gasteiger partial charge in [0.1, 0.15) is 11.6 Å². The Kier molecular flexibility index (Phi) is 8.90. The van der Waals surface area contributed by atoms with E-state index in [4.69, 9.17) is 0 Å². The molecule has 1 heterocycles. The third kappa shape index (κ3) is 7.46. The zero-order valence-corrected chi connectivity index (χ0v) is 19.8. The van der Waals surface area contributed by atoms with Crippen molar-refractivity contribution in [2.75, 3.05) is 6.54 Å². The highest BCUT2D eigenvalue weighted by atomic mass is 19.1. The van der Waals surface area contributed by atoms with Gasteiger partial charge in [-0.15, -0.1) is 0 Å². The van der Waals surface area contributed by atoms with Gasteiger partial charge in [0.2, 0.25) is 5.91 Å². The summed E-state index contributed by atoms with van der Waals surface area (Å²) in [5, 5.41) is 16.7. The summed E-state index contributed by atoms with van der Waals surface area (Å²) in [6.07, 6.45) is 5.42. The molecular formula is C26H32F2N4O2. The van der Waals surface area contributed by atoms with Gasteiger partial charge >= 0.3 is 0 Å². The van der Waals surface area contributed by atoms with Crippen molar-refractivity contribution in [2.45, 2.75) is 52.3 Å². The van der Waals surface area contributed by atoms with Gasteiger partial charge in [-0.25, -0.2) is 13.8 Å². The average Bonchev–Trinajstić information content (AvgIpc) is 3.26. The monoisotopic (exact) mass is 470 g/mol. The molecule has 3 N–H and O–H groups in total. The average molecular weight is 471 g/mol. The predicted molar refractivity (Wildman–Crippen MR) is 127 cm³/mol. The van der Waals surface area contributed by atoms with E-state index in [2.05, 4.69) is 47.7 Å². The second-order valence-corrected chi connectivity index (χ2v) is 9.02. The standard InChI is InChI=1S/C26H32F2N4O2/c1-17(2)8-19-4-5-25(32-7-6-29-16-32)21(9-19)14-30-15-26(34)24(31-18(3)33)12-20-10-22(27)13-23(28)11-20/h4-7,9-11,13,16-17,24,26,30,34H,8,12,14-15H2,1-3H3,(H,31,33). The number of aliphatic hydroxyl groups is 1. The highest BCUT2D eigenvalue weighted by Gasteiger charge is 2.21. The van der Waals surface area contributed by atoms with Crippen LogP contribution in [0.5, 0.6) is 0 Å². The number of hydrogen-bond donors (Lipinski definition) is 3. The number of amides is 1. The predicted octanol–water partition coefficient (Wildman–Crippen LogP) is 3.55. The van der Waals surface area contributed by atoms with Crippen LogP contribution >= 0.6 is 0 Å². The van der Waals surface area contributed by atoms with Crippen molar-refractivity contribution in [3.63, 3.8) is 0 Å². The normalized spacial score (nSPS) is 13.1. The Bertz CT molecular complexity index is 1070. The molecule has 2 unspecified atom stereocenters. The van der Waals surface area contributed by atoms with Crippen LogP contribution in [-0.2, 0) is 24.2 Å². The molecule has 0 fully saturated rings. The fourth-order valence-corrected chi connectivity index (χ4v) is 4.06. The highest BCUT2D eigenvalue weighted by molar-refractivity contribution is 5.73. The van der Waals surface area contributed by atoms with Gasteiger partial charge in [0.25, 0.3) is 0 Å². The van der Waals surface area contributed by atoms with Gasteiger partial charge < -0.3 is 20.3 Å². The molecule has 0 aliphatic heterocycles. The minimum atomic E-state index is -0.967. The summed E-state index contributed by atoms with van der Waals surface area (Å²) in [4.78, 5) is 15.8. The second kappa shape index (κ2) is 11.9. The van der Waals surface area contributed by atoms with Crippen LogP contribution in [0.25, 0.3) is 5.69 Å².